The average Bonchev–Trinajstić information content (AvgIpc) is 2.65. The van der Waals surface area contributed by atoms with E-state index in [1.165, 1.54) is 20.8 Å². The van der Waals surface area contributed by atoms with E-state index in [2.05, 4.69) is 6.92 Å². The molecule has 1 aliphatic heterocycles. The Morgan fingerprint density at radius 3 is 1.90 bits per heavy atom. The first-order valence-corrected chi connectivity index (χ1v) is 10.2. The van der Waals surface area contributed by atoms with Gasteiger partial charge in [-0.15, -0.1) is 0 Å². The molecule has 2 rings (SSSR count). The van der Waals surface area contributed by atoms with Gasteiger partial charge in [-0.25, -0.2) is 0 Å². The van der Waals surface area contributed by atoms with Crippen molar-refractivity contribution in [1.29, 1.82) is 0 Å². The molecule has 8 heteroatoms. The Hall–Kier alpha value is -2.61. The summed E-state index contributed by atoms with van der Waals surface area (Å²) in [5, 5.41) is 0. The van der Waals surface area contributed by atoms with Gasteiger partial charge >= 0.3 is 17.9 Å². The minimum Gasteiger partial charge on any atom is -0.494 e. The lowest BCUT2D eigenvalue weighted by atomic mass is 10.00. The first kappa shape index (κ1) is 23.7. The highest BCUT2D eigenvalue weighted by Gasteiger charge is 2.43. The Bertz CT molecular complexity index is 693. The molecule has 166 valence electrons. The third kappa shape index (κ3) is 7.67. The molecule has 1 saturated heterocycles. The fourth-order valence-corrected chi connectivity index (χ4v) is 3.42. The largest absolute Gasteiger partial charge is 0.494 e. The summed E-state index contributed by atoms with van der Waals surface area (Å²) in [6.07, 6.45) is -0.231. The lowest BCUT2D eigenvalue weighted by Gasteiger charge is -2.41. The SMILES string of the molecule is CCCCOc1ccc(CN2C[C@H](OC(C)=O)C(OC(C)=O)[C@H](OC(C)=O)C2)cc1. The normalized spacial score (nSPS) is 21.5. The molecule has 0 saturated carbocycles. The van der Waals surface area contributed by atoms with E-state index in [9.17, 15) is 14.4 Å². The van der Waals surface area contributed by atoms with Crippen molar-refractivity contribution in [2.75, 3.05) is 19.7 Å². The standard InChI is InChI=1S/C22H31NO7/c1-5-6-11-27-19-9-7-18(8-10-19)12-23-13-20(28-15(2)24)22(30-17(4)26)21(14-23)29-16(3)25/h7-10,20-22H,5-6,11-14H2,1-4H3/t20-,21+,22?. The number of likely N-dealkylation sites (tertiary alicyclic amines) is 1. The quantitative estimate of drug-likeness (QED) is 0.341. The molecular formula is C22H31NO7. The van der Waals surface area contributed by atoms with Crippen LogP contribution in [0.3, 0.4) is 0 Å². The smallest absolute Gasteiger partial charge is 0.303 e. The fourth-order valence-electron chi connectivity index (χ4n) is 3.42. The van der Waals surface area contributed by atoms with Gasteiger partial charge < -0.3 is 18.9 Å². The van der Waals surface area contributed by atoms with Gasteiger partial charge in [0.05, 0.1) is 6.61 Å². The van der Waals surface area contributed by atoms with Gasteiger partial charge in [-0.05, 0) is 24.1 Å². The van der Waals surface area contributed by atoms with Crippen molar-refractivity contribution < 1.29 is 33.3 Å². The molecule has 0 N–H and O–H groups in total. The number of carbonyl (C=O) groups is 3. The molecule has 3 atom stereocenters. The molecule has 1 fully saturated rings. The van der Waals surface area contributed by atoms with E-state index in [4.69, 9.17) is 18.9 Å². The molecule has 1 heterocycles. The number of esters is 3. The average molecular weight is 421 g/mol. The van der Waals surface area contributed by atoms with Crippen LogP contribution < -0.4 is 4.74 Å². The van der Waals surface area contributed by atoms with Crippen LogP contribution in [0, 0.1) is 0 Å². The van der Waals surface area contributed by atoms with E-state index in [-0.39, 0.29) is 0 Å². The third-order valence-electron chi connectivity index (χ3n) is 4.64. The predicted octanol–water partition coefficient (Wildman–Crippen LogP) is 2.48. The summed E-state index contributed by atoms with van der Waals surface area (Å²) in [5.41, 5.74) is 1.03. The number of hydrogen-bond acceptors (Lipinski definition) is 8. The number of ether oxygens (including phenoxy) is 4. The number of rotatable bonds is 9. The third-order valence-corrected chi connectivity index (χ3v) is 4.64. The van der Waals surface area contributed by atoms with Crippen LogP contribution in [0.4, 0.5) is 0 Å². The molecule has 30 heavy (non-hydrogen) atoms. The summed E-state index contributed by atoms with van der Waals surface area (Å²) in [6.45, 7) is 7.92. The van der Waals surface area contributed by atoms with Gasteiger partial charge in [-0.2, -0.15) is 0 Å². The highest BCUT2D eigenvalue weighted by atomic mass is 16.6. The second kappa shape index (κ2) is 11.5. The minimum atomic E-state index is -0.846. The van der Waals surface area contributed by atoms with Gasteiger partial charge in [-0.1, -0.05) is 25.5 Å². The second-order valence-electron chi connectivity index (χ2n) is 7.41. The first-order chi connectivity index (χ1) is 14.3. The molecule has 0 aromatic heterocycles. The topological polar surface area (TPSA) is 91.4 Å². The van der Waals surface area contributed by atoms with Crippen LogP contribution in [0.2, 0.25) is 0 Å². The summed E-state index contributed by atoms with van der Waals surface area (Å²) in [4.78, 5) is 36.7. The Balaban J connectivity index is 2.10. The summed E-state index contributed by atoms with van der Waals surface area (Å²) >= 11 is 0. The minimum absolute atomic E-state index is 0.351. The van der Waals surface area contributed by atoms with Crippen molar-refractivity contribution in [3.05, 3.63) is 29.8 Å². The predicted molar refractivity (Wildman–Crippen MR) is 109 cm³/mol. The van der Waals surface area contributed by atoms with Gasteiger partial charge in [0.1, 0.15) is 5.75 Å². The van der Waals surface area contributed by atoms with E-state index < -0.39 is 36.2 Å². The first-order valence-electron chi connectivity index (χ1n) is 10.2. The van der Waals surface area contributed by atoms with Crippen LogP contribution in [-0.4, -0.2) is 60.8 Å². The summed E-state index contributed by atoms with van der Waals surface area (Å²) in [6, 6.07) is 7.79. The van der Waals surface area contributed by atoms with Gasteiger partial charge in [-0.3, -0.25) is 19.3 Å². The zero-order valence-electron chi connectivity index (χ0n) is 18.1. The summed E-state index contributed by atoms with van der Waals surface area (Å²) in [7, 11) is 0. The second-order valence-corrected chi connectivity index (χ2v) is 7.41. The highest BCUT2D eigenvalue weighted by molar-refractivity contribution is 5.68. The van der Waals surface area contributed by atoms with Gasteiger partial charge in [0.25, 0.3) is 0 Å². The van der Waals surface area contributed by atoms with Crippen molar-refractivity contribution in [3.8, 4) is 5.75 Å². The maximum atomic E-state index is 11.6. The number of carbonyl (C=O) groups excluding carboxylic acids is 3. The van der Waals surface area contributed by atoms with E-state index in [0.717, 1.165) is 24.2 Å². The Kier molecular flexibility index (Phi) is 9.11. The Morgan fingerprint density at radius 2 is 1.43 bits per heavy atom. The Morgan fingerprint density at radius 1 is 0.900 bits per heavy atom. The van der Waals surface area contributed by atoms with Crippen molar-refractivity contribution in [2.45, 2.75) is 65.4 Å². The molecule has 0 spiro atoms. The van der Waals surface area contributed by atoms with Crippen LogP contribution in [0.5, 0.6) is 5.75 Å². The van der Waals surface area contributed by atoms with Crippen LogP contribution in [0.1, 0.15) is 46.1 Å². The van der Waals surface area contributed by atoms with Crippen molar-refractivity contribution in [1.82, 2.24) is 4.90 Å². The van der Waals surface area contributed by atoms with E-state index in [1.807, 2.05) is 29.2 Å². The van der Waals surface area contributed by atoms with Crippen molar-refractivity contribution >= 4 is 17.9 Å². The lowest BCUT2D eigenvalue weighted by molar-refractivity contribution is -0.195. The van der Waals surface area contributed by atoms with Gasteiger partial charge in [0, 0.05) is 40.4 Å². The Labute approximate surface area is 177 Å². The van der Waals surface area contributed by atoms with E-state index in [0.29, 0.717) is 26.2 Å². The van der Waals surface area contributed by atoms with Gasteiger partial charge in [0.2, 0.25) is 0 Å². The van der Waals surface area contributed by atoms with Crippen LogP contribution in [0.15, 0.2) is 24.3 Å². The molecule has 1 aromatic carbocycles. The number of nitrogens with zero attached hydrogens (tertiary/aromatic N) is 1. The maximum Gasteiger partial charge on any atom is 0.303 e. The molecule has 0 amide bonds. The molecule has 1 aliphatic rings. The monoisotopic (exact) mass is 421 g/mol. The number of benzene rings is 1. The van der Waals surface area contributed by atoms with Gasteiger partial charge in [0.15, 0.2) is 18.3 Å². The van der Waals surface area contributed by atoms with Crippen LogP contribution >= 0.6 is 0 Å². The van der Waals surface area contributed by atoms with E-state index >= 15 is 0 Å². The fraction of sp³-hybridized carbons (Fsp3) is 0.591. The molecule has 8 nitrogen and oxygen atoms in total. The van der Waals surface area contributed by atoms with Crippen LogP contribution in [0.25, 0.3) is 0 Å². The molecule has 0 bridgehead atoms. The number of unbranched alkanes of at least 4 members (excludes halogenated alkanes) is 1. The lowest BCUT2D eigenvalue weighted by Crippen LogP contribution is -2.58. The molecule has 0 aliphatic carbocycles. The maximum absolute atomic E-state index is 11.6. The van der Waals surface area contributed by atoms with Crippen LogP contribution in [-0.2, 0) is 35.1 Å². The highest BCUT2D eigenvalue weighted by Crippen LogP contribution is 2.23. The molecular weight excluding hydrogens is 390 g/mol. The molecule has 0 radical (unpaired) electrons. The van der Waals surface area contributed by atoms with Crippen molar-refractivity contribution in [2.24, 2.45) is 0 Å². The van der Waals surface area contributed by atoms with Crippen molar-refractivity contribution in [3.63, 3.8) is 0 Å². The van der Waals surface area contributed by atoms with E-state index in [1.54, 1.807) is 0 Å². The number of hydrogen-bond donors (Lipinski definition) is 0. The zero-order chi connectivity index (χ0) is 22.1. The summed E-state index contributed by atoms with van der Waals surface area (Å²) in [5.74, 6) is -0.693. The molecule has 1 unspecified atom stereocenters. The zero-order valence-corrected chi connectivity index (χ0v) is 18.1. The number of piperidine rings is 1. The molecule has 1 aromatic rings. The summed E-state index contributed by atoms with van der Waals surface area (Å²) < 4.78 is 21.8.